The van der Waals surface area contributed by atoms with Gasteiger partial charge >= 0.3 is 0 Å². The zero-order valence-corrected chi connectivity index (χ0v) is 16.2. The lowest BCUT2D eigenvalue weighted by atomic mass is 10.2. The highest BCUT2D eigenvalue weighted by Gasteiger charge is 2.06. The van der Waals surface area contributed by atoms with Gasteiger partial charge in [0.2, 0.25) is 11.8 Å². The van der Waals surface area contributed by atoms with Gasteiger partial charge in [0.05, 0.1) is 6.54 Å². The van der Waals surface area contributed by atoms with Crippen LogP contribution in [0.4, 0.5) is 17.1 Å². The SMILES string of the molecule is CCCCNC(=O)c1ccc(NCC(=O)Nc2cccc(NC(C)=O)c2)cc1. The summed E-state index contributed by atoms with van der Waals surface area (Å²) in [5.41, 5.74) is 2.54. The Morgan fingerprint density at radius 2 is 1.57 bits per heavy atom. The average Bonchev–Trinajstić information content (AvgIpc) is 2.66. The van der Waals surface area contributed by atoms with E-state index in [9.17, 15) is 14.4 Å². The fraction of sp³-hybridized carbons (Fsp3) is 0.286. The first-order chi connectivity index (χ1) is 13.5. The molecule has 0 atom stereocenters. The van der Waals surface area contributed by atoms with Crippen molar-refractivity contribution in [3.63, 3.8) is 0 Å². The molecule has 7 nitrogen and oxygen atoms in total. The zero-order valence-electron chi connectivity index (χ0n) is 16.2. The normalized spacial score (nSPS) is 10.1. The number of rotatable bonds is 9. The third kappa shape index (κ3) is 7.11. The maximum atomic E-state index is 12.1. The zero-order chi connectivity index (χ0) is 20.4. The molecule has 0 bridgehead atoms. The molecule has 0 saturated heterocycles. The Morgan fingerprint density at radius 1 is 0.893 bits per heavy atom. The molecular formula is C21H26N4O3. The smallest absolute Gasteiger partial charge is 0.251 e. The lowest BCUT2D eigenvalue weighted by Crippen LogP contribution is -2.24. The predicted octanol–water partition coefficient (Wildman–Crippen LogP) is 3.23. The molecule has 28 heavy (non-hydrogen) atoms. The molecule has 0 aliphatic rings. The molecule has 2 rings (SSSR count). The minimum Gasteiger partial charge on any atom is -0.376 e. The second-order valence-corrected chi connectivity index (χ2v) is 6.35. The Bertz CT molecular complexity index is 819. The van der Waals surface area contributed by atoms with Crippen LogP contribution in [0.25, 0.3) is 0 Å². The summed E-state index contributed by atoms with van der Waals surface area (Å²) < 4.78 is 0. The number of amides is 3. The van der Waals surface area contributed by atoms with Crippen LogP contribution in [0, 0.1) is 0 Å². The lowest BCUT2D eigenvalue weighted by molar-refractivity contribution is -0.115. The monoisotopic (exact) mass is 382 g/mol. The van der Waals surface area contributed by atoms with Gasteiger partial charge in [0, 0.05) is 36.1 Å². The summed E-state index contributed by atoms with van der Waals surface area (Å²) in [5, 5.41) is 11.3. The maximum absolute atomic E-state index is 12.1. The predicted molar refractivity (Wildman–Crippen MR) is 112 cm³/mol. The topological polar surface area (TPSA) is 99.3 Å². The van der Waals surface area contributed by atoms with E-state index in [1.54, 1.807) is 48.5 Å². The van der Waals surface area contributed by atoms with Crippen LogP contribution in [0.5, 0.6) is 0 Å². The number of hydrogen-bond donors (Lipinski definition) is 4. The Balaban J connectivity index is 1.82. The van der Waals surface area contributed by atoms with Crippen molar-refractivity contribution in [3.8, 4) is 0 Å². The van der Waals surface area contributed by atoms with Gasteiger partial charge in [0.1, 0.15) is 0 Å². The molecule has 148 valence electrons. The molecule has 2 aromatic rings. The minimum absolute atomic E-state index is 0.0758. The standard InChI is InChI=1S/C21H26N4O3/c1-3-4-12-22-21(28)16-8-10-17(11-9-16)23-14-20(27)25-19-7-5-6-18(13-19)24-15(2)26/h5-11,13,23H,3-4,12,14H2,1-2H3,(H,22,28)(H,24,26)(H,25,27). The Labute approximate surface area is 164 Å². The van der Waals surface area contributed by atoms with Gasteiger partial charge in [-0.2, -0.15) is 0 Å². The number of benzene rings is 2. The van der Waals surface area contributed by atoms with Gasteiger partial charge in [-0.05, 0) is 48.9 Å². The third-order valence-corrected chi connectivity index (χ3v) is 3.88. The van der Waals surface area contributed by atoms with Gasteiger partial charge in [0.25, 0.3) is 5.91 Å². The second-order valence-electron chi connectivity index (χ2n) is 6.35. The van der Waals surface area contributed by atoms with Gasteiger partial charge < -0.3 is 21.3 Å². The van der Waals surface area contributed by atoms with E-state index >= 15 is 0 Å². The van der Waals surface area contributed by atoms with Crippen molar-refractivity contribution in [2.45, 2.75) is 26.7 Å². The molecule has 0 heterocycles. The second kappa shape index (κ2) is 10.7. The molecule has 0 spiro atoms. The van der Waals surface area contributed by atoms with E-state index in [0.29, 0.717) is 23.5 Å². The number of carbonyl (C=O) groups excluding carboxylic acids is 3. The summed E-state index contributed by atoms with van der Waals surface area (Å²) in [7, 11) is 0. The summed E-state index contributed by atoms with van der Waals surface area (Å²) >= 11 is 0. The molecule has 3 amide bonds. The van der Waals surface area contributed by atoms with Crippen LogP contribution in [-0.2, 0) is 9.59 Å². The molecule has 0 saturated carbocycles. The van der Waals surface area contributed by atoms with Gasteiger partial charge in [-0.15, -0.1) is 0 Å². The van der Waals surface area contributed by atoms with Crippen LogP contribution in [0.2, 0.25) is 0 Å². The van der Waals surface area contributed by atoms with Crippen molar-refractivity contribution < 1.29 is 14.4 Å². The molecule has 4 N–H and O–H groups in total. The molecule has 0 radical (unpaired) electrons. The quantitative estimate of drug-likeness (QED) is 0.500. The van der Waals surface area contributed by atoms with E-state index in [0.717, 1.165) is 18.5 Å². The molecule has 7 heteroatoms. The highest BCUT2D eigenvalue weighted by molar-refractivity contribution is 5.96. The largest absolute Gasteiger partial charge is 0.376 e. The number of anilines is 3. The Kier molecular flexibility index (Phi) is 8.02. The first kappa shape index (κ1) is 21.0. The van der Waals surface area contributed by atoms with E-state index in [-0.39, 0.29) is 24.3 Å². The van der Waals surface area contributed by atoms with Crippen LogP contribution in [-0.4, -0.2) is 30.8 Å². The van der Waals surface area contributed by atoms with E-state index in [1.165, 1.54) is 6.92 Å². The van der Waals surface area contributed by atoms with Gasteiger partial charge in [-0.3, -0.25) is 14.4 Å². The molecule has 2 aromatic carbocycles. The summed E-state index contributed by atoms with van der Waals surface area (Å²) in [6.45, 7) is 4.24. The fourth-order valence-electron chi connectivity index (χ4n) is 2.49. The number of hydrogen-bond acceptors (Lipinski definition) is 4. The average molecular weight is 382 g/mol. The summed E-state index contributed by atoms with van der Waals surface area (Å²) in [6, 6.07) is 13.9. The highest BCUT2D eigenvalue weighted by Crippen LogP contribution is 2.15. The van der Waals surface area contributed by atoms with Crippen molar-refractivity contribution in [3.05, 3.63) is 54.1 Å². The van der Waals surface area contributed by atoms with E-state index in [1.807, 2.05) is 0 Å². The fourth-order valence-corrected chi connectivity index (χ4v) is 2.49. The minimum atomic E-state index is -0.221. The van der Waals surface area contributed by atoms with Crippen LogP contribution in [0.1, 0.15) is 37.0 Å². The van der Waals surface area contributed by atoms with Crippen LogP contribution >= 0.6 is 0 Å². The van der Waals surface area contributed by atoms with Crippen LogP contribution < -0.4 is 21.3 Å². The number of carbonyl (C=O) groups is 3. The Morgan fingerprint density at radius 3 is 2.21 bits per heavy atom. The van der Waals surface area contributed by atoms with Crippen LogP contribution in [0.3, 0.4) is 0 Å². The van der Waals surface area contributed by atoms with Gasteiger partial charge in [0.15, 0.2) is 0 Å². The van der Waals surface area contributed by atoms with Crippen molar-refractivity contribution in [1.82, 2.24) is 5.32 Å². The molecular weight excluding hydrogens is 356 g/mol. The van der Waals surface area contributed by atoms with Crippen molar-refractivity contribution in [1.29, 1.82) is 0 Å². The van der Waals surface area contributed by atoms with E-state index < -0.39 is 0 Å². The van der Waals surface area contributed by atoms with E-state index in [4.69, 9.17) is 0 Å². The van der Waals surface area contributed by atoms with Crippen LogP contribution in [0.15, 0.2) is 48.5 Å². The van der Waals surface area contributed by atoms with Crippen molar-refractivity contribution in [2.24, 2.45) is 0 Å². The van der Waals surface area contributed by atoms with Gasteiger partial charge in [-0.25, -0.2) is 0 Å². The third-order valence-electron chi connectivity index (χ3n) is 3.88. The molecule has 0 aliphatic carbocycles. The molecule has 0 aromatic heterocycles. The summed E-state index contributed by atoms with van der Waals surface area (Å²) in [4.78, 5) is 35.2. The summed E-state index contributed by atoms with van der Waals surface area (Å²) in [5.74, 6) is -0.495. The molecule has 0 unspecified atom stereocenters. The van der Waals surface area contributed by atoms with Crippen molar-refractivity contribution in [2.75, 3.05) is 29.0 Å². The van der Waals surface area contributed by atoms with E-state index in [2.05, 4.69) is 28.2 Å². The van der Waals surface area contributed by atoms with Crippen molar-refractivity contribution >= 4 is 34.8 Å². The first-order valence-corrected chi connectivity index (χ1v) is 9.27. The first-order valence-electron chi connectivity index (χ1n) is 9.27. The maximum Gasteiger partial charge on any atom is 0.251 e. The van der Waals surface area contributed by atoms with Gasteiger partial charge in [-0.1, -0.05) is 19.4 Å². The molecule has 0 fully saturated rings. The lowest BCUT2D eigenvalue weighted by Gasteiger charge is -2.10. The number of unbranched alkanes of at least 4 members (excludes halogenated alkanes) is 1. The summed E-state index contributed by atoms with van der Waals surface area (Å²) in [6.07, 6.45) is 1.98. The Hall–Kier alpha value is -3.35. The highest BCUT2D eigenvalue weighted by atomic mass is 16.2. The molecule has 0 aliphatic heterocycles. The number of nitrogens with one attached hydrogen (secondary N) is 4.